The van der Waals surface area contributed by atoms with E-state index in [4.69, 9.17) is 37.0 Å². The van der Waals surface area contributed by atoms with Crippen LogP contribution in [0, 0.1) is 5.92 Å². The van der Waals surface area contributed by atoms with Crippen LogP contribution in [-0.2, 0) is 65.4 Å². The lowest BCUT2D eigenvalue weighted by atomic mass is 10.0. The number of unbranched alkanes of at least 4 members (excludes halogenated alkanes) is 37. The van der Waals surface area contributed by atoms with Crippen LogP contribution in [0.3, 0.4) is 0 Å². The molecule has 0 bridgehead atoms. The van der Waals surface area contributed by atoms with Crippen LogP contribution >= 0.6 is 15.6 Å². The Labute approximate surface area is 542 Å². The topological polar surface area (TPSA) is 237 Å². The van der Waals surface area contributed by atoms with Gasteiger partial charge in [0.05, 0.1) is 26.4 Å². The largest absolute Gasteiger partial charge is 0.472 e. The number of hydrogen-bond donors (Lipinski definition) is 3. The van der Waals surface area contributed by atoms with Crippen molar-refractivity contribution in [3.8, 4) is 0 Å². The number of esters is 4. The van der Waals surface area contributed by atoms with E-state index in [1.807, 2.05) is 0 Å². The molecule has 0 radical (unpaired) electrons. The van der Waals surface area contributed by atoms with Crippen LogP contribution < -0.4 is 0 Å². The van der Waals surface area contributed by atoms with Gasteiger partial charge in [-0.25, -0.2) is 9.13 Å². The van der Waals surface area contributed by atoms with Gasteiger partial charge < -0.3 is 33.8 Å². The first kappa shape index (κ1) is 86.5. The molecule has 3 N–H and O–H groups in total. The number of aliphatic hydroxyl groups excluding tert-OH is 1. The van der Waals surface area contributed by atoms with Crippen LogP contribution in [-0.4, -0.2) is 96.7 Å². The molecule has 0 saturated carbocycles. The number of carbonyl (C=O) groups is 4. The van der Waals surface area contributed by atoms with Crippen LogP contribution in [0.15, 0.2) is 24.3 Å². The van der Waals surface area contributed by atoms with Crippen molar-refractivity contribution in [1.82, 2.24) is 0 Å². The Morgan fingerprint density at radius 3 is 0.921 bits per heavy atom. The fourth-order valence-electron chi connectivity index (χ4n) is 10.1. The summed E-state index contributed by atoms with van der Waals surface area (Å²) in [4.78, 5) is 72.2. The molecule has 0 spiro atoms. The monoisotopic (exact) mass is 1310 g/mol. The highest BCUT2D eigenvalue weighted by atomic mass is 31.2. The van der Waals surface area contributed by atoms with E-state index >= 15 is 0 Å². The molecule has 0 aromatic heterocycles. The second-order valence-corrected chi connectivity index (χ2v) is 28.0. The lowest BCUT2D eigenvalue weighted by Gasteiger charge is -2.21. The van der Waals surface area contributed by atoms with E-state index in [0.29, 0.717) is 31.6 Å². The van der Waals surface area contributed by atoms with Gasteiger partial charge in [-0.3, -0.25) is 37.3 Å². The molecule has 0 amide bonds. The summed E-state index contributed by atoms with van der Waals surface area (Å²) in [5, 5.41) is 10.5. The van der Waals surface area contributed by atoms with E-state index < -0.39 is 97.5 Å². The summed E-state index contributed by atoms with van der Waals surface area (Å²) in [5.41, 5.74) is 0. The molecule has 524 valence electrons. The molecule has 0 aliphatic carbocycles. The number of ether oxygens (including phenoxy) is 4. The van der Waals surface area contributed by atoms with E-state index in [9.17, 15) is 43.2 Å². The number of allylic oxidation sites excluding steroid dienone is 4. The van der Waals surface area contributed by atoms with Crippen molar-refractivity contribution in [1.29, 1.82) is 0 Å². The molecule has 0 aliphatic heterocycles. The molecule has 89 heavy (non-hydrogen) atoms. The second kappa shape index (κ2) is 63.0. The summed E-state index contributed by atoms with van der Waals surface area (Å²) in [6.45, 7) is 7.02. The van der Waals surface area contributed by atoms with Crippen LogP contribution in [0.25, 0.3) is 0 Å². The molecule has 17 nitrogen and oxygen atoms in total. The number of phosphoric ester groups is 2. The van der Waals surface area contributed by atoms with E-state index in [-0.39, 0.29) is 25.7 Å². The third-order valence-corrected chi connectivity index (χ3v) is 17.6. The van der Waals surface area contributed by atoms with Gasteiger partial charge in [0.15, 0.2) is 12.2 Å². The maximum Gasteiger partial charge on any atom is 0.472 e. The maximum absolute atomic E-state index is 13.0. The minimum atomic E-state index is -4.96. The third kappa shape index (κ3) is 64.1. The second-order valence-electron chi connectivity index (χ2n) is 25.1. The number of hydrogen-bond acceptors (Lipinski definition) is 15. The van der Waals surface area contributed by atoms with Gasteiger partial charge in [0, 0.05) is 25.7 Å². The fraction of sp³-hybridized carbons (Fsp3) is 0.886. The molecule has 0 heterocycles. The minimum absolute atomic E-state index is 0.100. The van der Waals surface area contributed by atoms with Crippen LogP contribution in [0.1, 0.15) is 336 Å². The van der Waals surface area contributed by atoms with Crippen molar-refractivity contribution in [2.24, 2.45) is 5.92 Å². The van der Waals surface area contributed by atoms with Crippen molar-refractivity contribution in [2.75, 3.05) is 39.6 Å². The quantitative estimate of drug-likeness (QED) is 0.0169. The fourth-order valence-corrected chi connectivity index (χ4v) is 11.7. The van der Waals surface area contributed by atoms with Gasteiger partial charge in [-0.2, -0.15) is 0 Å². The molecule has 0 fully saturated rings. The first-order valence-electron chi connectivity index (χ1n) is 36.0. The van der Waals surface area contributed by atoms with Crippen molar-refractivity contribution < 1.29 is 80.2 Å². The first-order valence-corrected chi connectivity index (χ1v) is 38.9. The molecule has 0 aromatic rings. The van der Waals surface area contributed by atoms with E-state index in [1.54, 1.807) is 0 Å². The Morgan fingerprint density at radius 2 is 0.607 bits per heavy atom. The molecule has 0 aromatic carbocycles. The van der Waals surface area contributed by atoms with Gasteiger partial charge in [0.25, 0.3) is 0 Å². The highest BCUT2D eigenvalue weighted by Gasteiger charge is 2.30. The highest BCUT2D eigenvalue weighted by Crippen LogP contribution is 2.45. The molecule has 5 atom stereocenters. The molecular formula is C70H132O17P2. The van der Waals surface area contributed by atoms with Crippen molar-refractivity contribution in [3.05, 3.63) is 24.3 Å². The van der Waals surface area contributed by atoms with Crippen molar-refractivity contribution in [2.45, 2.75) is 355 Å². The Balaban J connectivity index is 5.18. The number of rotatable bonds is 68. The average molecular weight is 1310 g/mol. The summed E-state index contributed by atoms with van der Waals surface area (Å²) < 4.78 is 68.0. The smallest absolute Gasteiger partial charge is 0.462 e. The normalized spacial score (nSPS) is 14.3. The highest BCUT2D eigenvalue weighted by molar-refractivity contribution is 7.47. The zero-order valence-electron chi connectivity index (χ0n) is 57.0. The van der Waals surface area contributed by atoms with Crippen LogP contribution in [0.2, 0.25) is 0 Å². The molecular weight excluding hydrogens is 1170 g/mol. The van der Waals surface area contributed by atoms with Crippen molar-refractivity contribution in [3.63, 3.8) is 0 Å². The van der Waals surface area contributed by atoms with Crippen LogP contribution in [0.5, 0.6) is 0 Å². The predicted molar refractivity (Wildman–Crippen MR) is 358 cm³/mol. The molecule has 19 heteroatoms. The van der Waals surface area contributed by atoms with Gasteiger partial charge in [0.2, 0.25) is 0 Å². The number of carbonyl (C=O) groups excluding carboxylic acids is 4. The Bertz CT molecular complexity index is 1810. The van der Waals surface area contributed by atoms with Gasteiger partial charge in [-0.05, 0) is 57.3 Å². The third-order valence-electron chi connectivity index (χ3n) is 15.7. The van der Waals surface area contributed by atoms with Gasteiger partial charge in [0.1, 0.15) is 19.3 Å². The number of phosphoric acid groups is 2. The summed E-state index contributed by atoms with van der Waals surface area (Å²) in [7, 11) is -9.90. The summed E-state index contributed by atoms with van der Waals surface area (Å²) >= 11 is 0. The van der Waals surface area contributed by atoms with Crippen LogP contribution in [0.4, 0.5) is 0 Å². The zero-order valence-corrected chi connectivity index (χ0v) is 58.8. The lowest BCUT2D eigenvalue weighted by Crippen LogP contribution is -2.30. The predicted octanol–water partition coefficient (Wildman–Crippen LogP) is 19.7. The molecule has 2 unspecified atom stereocenters. The molecule has 0 rings (SSSR count). The van der Waals surface area contributed by atoms with E-state index in [2.05, 4.69) is 58.9 Å². The Hall–Kier alpha value is -2.46. The van der Waals surface area contributed by atoms with Gasteiger partial charge >= 0.3 is 39.5 Å². The first-order chi connectivity index (χ1) is 43.0. The SMILES string of the molecule is CCCCCC/C=C\C=C/CCCCCCCC(=O)OC[C@H](COP(=O)(O)OC[C@@H](O)COP(=O)(O)OC[C@@H](COC(=O)CCCCCCC)OC(=O)CCCCCCCCCC(C)C)OC(=O)CCCCCCCCCCCCCCCCCCCCC. The summed E-state index contributed by atoms with van der Waals surface area (Å²) in [6, 6.07) is 0. The Morgan fingerprint density at radius 1 is 0.348 bits per heavy atom. The number of aliphatic hydroxyl groups is 1. The lowest BCUT2D eigenvalue weighted by molar-refractivity contribution is -0.161. The molecule has 0 saturated heterocycles. The maximum atomic E-state index is 13.0. The van der Waals surface area contributed by atoms with Gasteiger partial charge in [-0.15, -0.1) is 0 Å². The standard InChI is InChI=1S/C70H132O17P2/c1-6-9-12-15-17-19-21-23-25-26-27-28-30-32-34-36-40-45-50-55-69(74)87-66(60-81-68(73)54-49-44-39-35-33-31-29-24-22-20-18-16-13-10-7-2)62-85-89(78,79)83-58-64(71)57-82-88(76,77)84-61-65(59-80-67(72)53-48-42-14-11-8-3)86-70(75)56-51-46-41-37-38-43-47-52-63(4)5/h20,22,24,29,63-66,71H,6-19,21,23,25-28,30-62H2,1-5H3,(H,76,77)(H,78,79)/b22-20-,29-24-/t64-,65+,66+/m0/s1. The average Bonchev–Trinajstić information content (AvgIpc) is 3.63. The van der Waals surface area contributed by atoms with Gasteiger partial charge in [-0.1, -0.05) is 284 Å². The van der Waals surface area contributed by atoms with Crippen molar-refractivity contribution >= 4 is 39.5 Å². The van der Waals surface area contributed by atoms with E-state index in [0.717, 1.165) is 116 Å². The zero-order chi connectivity index (χ0) is 65.6. The summed E-state index contributed by atoms with van der Waals surface area (Å²) in [5.74, 6) is -1.47. The Kier molecular flexibility index (Phi) is 61.2. The summed E-state index contributed by atoms with van der Waals surface area (Å²) in [6.07, 6.45) is 52.8. The van der Waals surface area contributed by atoms with E-state index in [1.165, 1.54) is 135 Å². The molecule has 0 aliphatic rings. The minimum Gasteiger partial charge on any atom is -0.462 e.